The van der Waals surface area contributed by atoms with Crippen molar-refractivity contribution in [3.8, 4) is 11.8 Å². The maximum atomic E-state index is 13.4. The van der Waals surface area contributed by atoms with Crippen LogP contribution in [0.4, 0.5) is 36.3 Å². The summed E-state index contributed by atoms with van der Waals surface area (Å²) in [6.07, 6.45) is -3.97. The summed E-state index contributed by atoms with van der Waals surface area (Å²) in [4.78, 5) is 7.78. The standard InChI is InChI=1S/C22H20F3N5O/c1-14(2)13-31-17-9-7-16(8-10-17)28-21-27-12-18(22(23,24)25)20(30-21)29-19-6-4-3-5-15(19)11-26/h3-10,12,14H,13H2,1-2H3,(H2,27,28,29,30). The van der Waals surface area contributed by atoms with Crippen molar-refractivity contribution in [2.45, 2.75) is 20.0 Å². The molecule has 0 aliphatic carbocycles. The van der Waals surface area contributed by atoms with Crippen LogP contribution in [0.15, 0.2) is 54.7 Å². The van der Waals surface area contributed by atoms with Crippen LogP contribution < -0.4 is 15.4 Å². The zero-order valence-corrected chi connectivity index (χ0v) is 16.9. The minimum atomic E-state index is -4.67. The third-order valence-electron chi connectivity index (χ3n) is 4.09. The molecule has 31 heavy (non-hydrogen) atoms. The van der Waals surface area contributed by atoms with Gasteiger partial charge >= 0.3 is 6.18 Å². The number of halogens is 3. The molecule has 0 saturated carbocycles. The van der Waals surface area contributed by atoms with E-state index in [0.29, 0.717) is 30.2 Å². The molecule has 0 bridgehead atoms. The lowest BCUT2D eigenvalue weighted by molar-refractivity contribution is -0.137. The monoisotopic (exact) mass is 427 g/mol. The van der Waals surface area contributed by atoms with Crippen LogP contribution in [0.2, 0.25) is 0 Å². The maximum absolute atomic E-state index is 13.4. The van der Waals surface area contributed by atoms with Crippen LogP contribution in [0.3, 0.4) is 0 Å². The minimum Gasteiger partial charge on any atom is -0.493 e. The topological polar surface area (TPSA) is 82.9 Å². The Kier molecular flexibility index (Phi) is 6.60. The molecule has 3 rings (SSSR count). The third kappa shape index (κ3) is 5.85. The van der Waals surface area contributed by atoms with Gasteiger partial charge in [0.1, 0.15) is 23.2 Å². The number of anilines is 4. The Morgan fingerprint density at radius 1 is 1.06 bits per heavy atom. The average molecular weight is 427 g/mol. The van der Waals surface area contributed by atoms with Crippen LogP contribution in [0, 0.1) is 17.2 Å². The molecule has 0 radical (unpaired) electrons. The van der Waals surface area contributed by atoms with Crippen molar-refractivity contribution in [2.75, 3.05) is 17.2 Å². The van der Waals surface area contributed by atoms with E-state index in [2.05, 4.69) is 20.6 Å². The van der Waals surface area contributed by atoms with Gasteiger partial charge in [-0.3, -0.25) is 0 Å². The van der Waals surface area contributed by atoms with Crippen molar-refractivity contribution in [3.05, 3.63) is 65.9 Å². The van der Waals surface area contributed by atoms with Crippen LogP contribution in [0.1, 0.15) is 25.0 Å². The number of rotatable bonds is 7. The minimum absolute atomic E-state index is 0.0270. The number of alkyl halides is 3. The molecule has 0 spiro atoms. The summed E-state index contributed by atoms with van der Waals surface area (Å²) < 4.78 is 46.0. The van der Waals surface area contributed by atoms with E-state index in [-0.39, 0.29) is 17.2 Å². The summed E-state index contributed by atoms with van der Waals surface area (Å²) in [6.45, 7) is 4.66. The van der Waals surface area contributed by atoms with Crippen LogP contribution in [0.5, 0.6) is 5.75 Å². The molecule has 0 atom stereocenters. The molecule has 1 aromatic heterocycles. The van der Waals surface area contributed by atoms with Crippen molar-refractivity contribution < 1.29 is 17.9 Å². The first-order chi connectivity index (χ1) is 14.8. The van der Waals surface area contributed by atoms with Gasteiger partial charge in [0.25, 0.3) is 0 Å². The summed E-state index contributed by atoms with van der Waals surface area (Å²) in [6, 6.07) is 15.1. The Morgan fingerprint density at radius 3 is 2.42 bits per heavy atom. The van der Waals surface area contributed by atoms with Crippen LogP contribution >= 0.6 is 0 Å². The summed E-state index contributed by atoms with van der Waals surface area (Å²) in [5.74, 6) is 0.587. The fraction of sp³-hybridized carbons (Fsp3) is 0.227. The Hall–Kier alpha value is -3.80. The molecule has 0 aliphatic rings. The number of hydrogen-bond acceptors (Lipinski definition) is 6. The van der Waals surface area contributed by atoms with E-state index in [0.717, 1.165) is 0 Å². The molecule has 1 heterocycles. The summed E-state index contributed by atoms with van der Waals surface area (Å²) in [7, 11) is 0. The number of hydrogen-bond donors (Lipinski definition) is 2. The van der Waals surface area contributed by atoms with E-state index in [1.54, 1.807) is 36.4 Å². The summed E-state index contributed by atoms with van der Waals surface area (Å²) >= 11 is 0. The van der Waals surface area contributed by atoms with E-state index in [1.165, 1.54) is 12.1 Å². The zero-order chi connectivity index (χ0) is 22.4. The molecular weight excluding hydrogens is 407 g/mol. The number of nitriles is 1. The maximum Gasteiger partial charge on any atom is 0.421 e. The normalized spacial score (nSPS) is 11.1. The van der Waals surface area contributed by atoms with Gasteiger partial charge in [0, 0.05) is 11.9 Å². The fourth-order valence-corrected chi connectivity index (χ4v) is 2.59. The molecule has 0 saturated heterocycles. The van der Waals surface area contributed by atoms with Crippen LogP contribution in [0.25, 0.3) is 0 Å². The first-order valence-electron chi connectivity index (χ1n) is 9.46. The van der Waals surface area contributed by atoms with Crippen LogP contribution in [-0.2, 0) is 6.18 Å². The van der Waals surface area contributed by atoms with Crippen molar-refractivity contribution in [3.63, 3.8) is 0 Å². The largest absolute Gasteiger partial charge is 0.493 e. The predicted octanol–water partition coefficient (Wildman–Crippen LogP) is 5.89. The van der Waals surface area contributed by atoms with Gasteiger partial charge in [-0.1, -0.05) is 26.0 Å². The molecular formula is C22H20F3N5O. The first-order valence-corrected chi connectivity index (χ1v) is 9.46. The molecule has 9 heteroatoms. The van der Waals surface area contributed by atoms with Gasteiger partial charge in [0.15, 0.2) is 0 Å². The highest BCUT2D eigenvalue weighted by Crippen LogP contribution is 2.35. The number of para-hydroxylation sites is 1. The lowest BCUT2D eigenvalue weighted by Gasteiger charge is -2.15. The van der Waals surface area contributed by atoms with Crippen molar-refractivity contribution in [1.29, 1.82) is 5.26 Å². The molecule has 2 N–H and O–H groups in total. The summed E-state index contributed by atoms with van der Waals surface area (Å²) in [5, 5.41) is 14.7. The van der Waals surface area contributed by atoms with E-state index in [9.17, 15) is 18.4 Å². The van der Waals surface area contributed by atoms with Gasteiger partial charge in [-0.25, -0.2) is 4.98 Å². The second-order valence-electron chi connectivity index (χ2n) is 7.09. The average Bonchev–Trinajstić information content (AvgIpc) is 2.73. The predicted molar refractivity (Wildman–Crippen MR) is 112 cm³/mol. The Labute approximate surface area is 177 Å². The van der Waals surface area contributed by atoms with Crippen LogP contribution in [-0.4, -0.2) is 16.6 Å². The highest BCUT2D eigenvalue weighted by molar-refractivity contribution is 5.67. The number of nitrogens with one attached hydrogen (secondary N) is 2. The molecule has 0 aliphatic heterocycles. The molecule has 0 unspecified atom stereocenters. The molecule has 0 amide bonds. The molecule has 3 aromatic rings. The second-order valence-corrected chi connectivity index (χ2v) is 7.09. The lowest BCUT2D eigenvalue weighted by atomic mass is 10.2. The number of aromatic nitrogens is 2. The van der Waals surface area contributed by atoms with Gasteiger partial charge in [0.05, 0.1) is 17.9 Å². The fourth-order valence-electron chi connectivity index (χ4n) is 2.59. The number of nitrogens with zero attached hydrogens (tertiary/aromatic N) is 3. The van der Waals surface area contributed by atoms with Gasteiger partial charge < -0.3 is 15.4 Å². The highest BCUT2D eigenvalue weighted by atomic mass is 19.4. The summed E-state index contributed by atoms with van der Waals surface area (Å²) in [5.41, 5.74) is -0.0456. The lowest BCUT2D eigenvalue weighted by Crippen LogP contribution is -2.13. The Balaban J connectivity index is 1.85. The van der Waals surface area contributed by atoms with Gasteiger partial charge in [-0.15, -0.1) is 0 Å². The Morgan fingerprint density at radius 2 is 1.77 bits per heavy atom. The second kappa shape index (κ2) is 9.34. The SMILES string of the molecule is CC(C)COc1ccc(Nc2ncc(C(F)(F)F)c(Nc3ccccc3C#N)n2)cc1. The highest BCUT2D eigenvalue weighted by Gasteiger charge is 2.35. The number of ether oxygens (including phenoxy) is 1. The van der Waals surface area contributed by atoms with E-state index in [4.69, 9.17) is 4.74 Å². The third-order valence-corrected chi connectivity index (χ3v) is 4.09. The molecule has 160 valence electrons. The quantitative estimate of drug-likeness (QED) is 0.489. The first kappa shape index (κ1) is 21.9. The molecule has 2 aromatic carbocycles. The van der Waals surface area contributed by atoms with E-state index < -0.39 is 17.6 Å². The smallest absolute Gasteiger partial charge is 0.421 e. The zero-order valence-electron chi connectivity index (χ0n) is 16.9. The van der Waals surface area contributed by atoms with E-state index >= 15 is 0 Å². The van der Waals surface area contributed by atoms with Crippen molar-refractivity contribution >= 4 is 23.1 Å². The van der Waals surface area contributed by atoms with Crippen molar-refractivity contribution in [1.82, 2.24) is 9.97 Å². The Bertz CT molecular complexity index is 1080. The molecule has 0 fully saturated rings. The van der Waals surface area contributed by atoms with Gasteiger partial charge in [-0.2, -0.15) is 23.4 Å². The van der Waals surface area contributed by atoms with E-state index in [1.807, 2.05) is 19.9 Å². The number of benzene rings is 2. The van der Waals surface area contributed by atoms with Gasteiger partial charge in [-0.05, 0) is 42.3 Å². The molecule has 6 nitrogen and oxygen atoms in total. The van der Waals surface area contributed by atoms with Gasteiger partial charge in [0.2, 0.25) is 5.95 Å². The van der Waals surface area contributed by atoms with Crippen molar-refractivity contribution in [2.24, 2.45) is 5.92 Å².